The van der Waals surface area contributed by atoms with Gasteiger partial charge in [-0.15, -0.1) is 0 Å². The van der Waals surface area contributed by atoms with Crippen LogP contribution in [0.25, 0.3) is 0 Å². The first-order valence-corrected chi connectivity index (χ1v) is 5.49. The van der Waals surface area contributed by atoms with Gasteiger partial charge in [0.1, 0.15) is 5.82 Å². The summed E-state index contributed by atoms with van der Waals surface area (Å²) in [6.45, 7) is 2.64. The number of halogens is 1. The van der Waals surface area contributed by atoms with Crippen molar-refractivity contribution in [3.8, 4) is 0 Å². The summed E-state index contributed by atoms with van der Waals surface area (Å²) in [6, 6.07) is 6.07. The number of ketones is 1. The molecule has 1 heterocycles. The Morgan fingerprint density at radius 3 is 3.00 bits per heavy atom. The van der Waals surface area contributed by atoms with E-state index in [1.165, 1.54) is 12.1 Å². The molecule has 1 aromatic heterocycles. The van der Waals surface area contributed by atoms with Gasteiger partial charge in [0.2, 0.25) is 5.78 Å². The predicted molar refractivity (Wildman–Crippen MR) is 62.3 cm³/mol. The van der Waals surface area contributed by atoms with Crippen LogP contribution in [0.3, 0.4) is 0 Å². The fourth-order valence-electron chi connectivity index (χ4n) is 1.73. The lowest BCUT2D eigenvalue weighted by Crippen LogP contribution is -2.11. The molecule has 2 rings (SSSR count). The molecule has 0 radical (unpaired) electrons. The molecule has 88 valence electrons. The molecule has 0 aliphatic carbocycles. The van der Waals surface area contributed by atoms with Crippen molar-refractivity contribution in [2.24, 2.45) is 0 Å². The fraction of sp³-hybridized carbons (Fsp3) is 0.231. The number of benzene rings is 1. The summed E-state index contributed by atoms with van der Waals surface area (Å²) in [6.07, 6.45) is 3.54. The molecule has 2 aromatic rings. The lowest BCUT2D eigenvalue weighted by molar-refractivity contribution is 0.0979. The summed E-state index contributed by atoms with van der Waals surface area (Å²) in [5.74, 6) is 0.00773. The first-order chi connectivity index (χ1) is 8.20. The monoisotopic (exact) mass is 232 g/mol. The van der Waals surface area contributed by atoms with Crippen molar-refractivity contribution in [3.63, 3.8) is 0 Å². The van der Waals surface area contributed by atoms with E-state index in [1.807, 2.05) is 6.92 Å². The van der Waals surface area contributed by atoms with Crippen LogP contribution in [-0.4, -0.2) is 15.3 Å². The second-order valence-corrected chi connectivity index (χ2v) is 3.77. The minimum absolute atomic E-state index is 0.0950. The maximum atomic E-state index is 13.0. The number of aryl methyl sites for hydroxylation is 1. The number of carbonyl (C=O) groups excluding carboxylic acids is 1. The van der Waals surface area contributed by atoms with Crippen LogP contribution < -0.4 is 0 Å². The second kappa shape index (κ2) is 4.91. The zero-order valence-electron chi connectivity index (χ0n) is 9.56. The average molecular weight is 232 g/mol. The largest absolute Gasteiger partial charge is 0.329 e. The highest BCUT2D eigenvalue weighted by molar-refractivity contribution is 5.94. The molecule has 0 atom stereocenters. The highest BCUT2D eigenvalue weighted by Gasteiger charge is 2.12. The van der Waals surface area contributed by atoms with Crippen LogP contribution in [0.15, 0.2) is 36.7 Å². The topological polar surface area (TPSA) is 34.9 Å². The number of carbonyl (C=O) groups is 1. The van der Waals surface area contributed by atoms with Gasteiger partial charge in [0.05, 0.1) is 0 Å². The van der Waals surface area contributed by atoms with Crippen molar-refractivity contribution >= 4 is 5.78 Å². The highest BCUT2D eigenvalue weighted by Crippen LogP contribution is 2.08. The SMILES string of the molecule is CCn1ccnc1C(=O)Cc1cccc(F)c1. The summed E-state index contributed by atoms with van der Waals surface area (Å²) >= 11 is 0. The molecule has 0 saturated heterocycles. The van der Waals surface area contributed by atoms with Crippen LogP contribution in [0.1, 0.15) is 23.1 Å². The molecule has 0 aliphatic rings. The summed E-state index contributed by atoms with van der Waals surface area (Å²) < 4.78 is 14.8. The van der Waals surface area contributed by atoms with Gasteiger partial charge in [-0.1, -0.05) is 12.1 Å². The van der Waals surface area contributed by atoms with Crippen LogP contribution in [0.5, 0.6) is 0 Å². The minimum Gasteiger partial charge on any atom is -0.329 e. The van der Waals surface area contributed by atoms with E-state index in [0.717, 1.165) is 0 Å². The molecule has 0 fully saturated rings. The number of hydrogen-bond donors (Lipinski definition) is 0. The average Bonchev–Trinajstić information content (AvgIpc) is 2.77. The third kappa shape index (κ3) is 2.58. The lowest BCUT2D eigenvalue weighted by Gasteiger charge is -2.04. The maximum Gasteiger partial charge on any atom is 0.202 e. The smallest absolute Gasteiger partial charge is 0.202 e. The van der Waals surface area contributed by atoms with E-state index in [-0.39, 0.29) is 18.0 Å². The third-order valence-corrected chi connectivity index (χ3v) is 2.56. The Morgan fingerprint density at radius 1 is 1.47 bits per heavy atom. The standard InChI is InChI=1S/C13H13FN2O/c1-2-16-7-6-15-13(16)12(17)9-10-4-3-5-11(14)8-10/h3-8H,2,9H2,1H3. The van der Waals surface area contributed by atoms with Gasteiger partial charge in [0.25, 0.3) is 0 Å². The molecule has 0 N–H and O–H groups in total. The van der Waals surface area contributed by atoms with Gasteiger partial charge >= 0.3 is 0 Å². The Balaban J connectivity index is 2.17. The van der Waals surface area contributed by atoms with E-state index in [0.29, 0.717) is 17.9 Å². The van der Waals surface area contributed by atoms with Gasteiger partial charge in [0, 0.05) is 25.4 Å². The van der Waals surface area contributed by atoms with Crippen LogP contribution in [-0.2, 0) is 13.0 Å². The van der Waals surface area contributed by atoms with Gasteiger partial charge in [-0.25, -0.2) is 9.37 Å². The number of aromatic nitrogens is 2. The molecule has 0 bridgehead atoms. The minimum atomic E-state index is -0.325. The predicted octanol–water partition coefficient (Wildman–Crippen LogP) is 2.47. The van der Waals surface area contributed by atoms with Gasteiger partial charge in [0.15, 0.2) is 5.82 Å². The number of rotatable bonds is 4. The Hall–Kier alpha value is -1.97. The van der Waals surface area contributed by atoms with Gasteiger partial charge < -0.3 is 4.57 Å². The van der Waals surface area contributed by atoms with Crippen LogP contribution >= 0.6 is 0 Å². The Morgan fingerprint density at radius 2 is 2.29 bits per heavy atom. The summed E-state index contributed by atoms with van der Waals surface area (Å²) in [5, 5.41) is 0. The van der Waals surface area contributed by atoms with Crippen LogP contribution in [0, 0.1) is 5.82 Å². The third-order valence-electron chi connectivity index (χ3n) is 2.56. The number of hydrogen-bond acceptors (Lipinski definition) is 2. The molecule has 0 unspecified atom stereocenters. The van der Waals surface area contributed by atoms with E-state index in [4.69, 9.17) is 0 Å². The van der Waals surface area contributed by atoms with Gasteiger partial charge in [-0.2, -0.15) is 0 Å². The van der Waals surface area contributed by atoms with Gasteiger partial charge in [-0.3, -0.25) is 4.79 Å². The molecule has 0 saturated carbocycles. The first kappa shape index (κ1) is 11.5. The Bertz CT molecular complexity index is 534. The van der Waals surface area contributed by atoms with Crippen molar-refractivity contribution < 1.29 is 9.18 Å². The van der Waals surface area contributed by atoms with Crippen molar-refractivity contribution in [1.29, 1.82) is 0 Å². The molecule has 0 aliphatic heterocycles. The second-order valence-electron chi connectivity index (χ2n) is 3.77. The zero-order valence-corrected chi connectivity index (χ0v) is 9.56. The quantitative estimate of drug-likeness (QED) is 0.759. The van der Waals surface area contributed by atoms with Crippen LogP contribution in [0.2, 0.25) is 0 Å². The normalized spacial score (nSPS) is 10.5. The number of nitrogens with zero attached hydrogens (tertiary/aromatic N) is 2. The summed E-state index contributed by atoms with van der Waals surface area (Å²) in [4.78, 5) is 16.0. The van der Waals surface area contributed by atoms with E-state index >= 15 is 0 Å². The molecular formula is C13H13FN2O. The number of Topliss-reactive ketones (excluding diaryl/α,β-unsaturated/α-hetero) is 1. The first-order valence-electron chi connectivity index (χ1n) is 5.49. The summed E-state index contributed by atoms with van der Waals surface area (Å²) in [7, 11) is 0. The van der Waals surface area contributed by atoms with E-state index in [1.54, 1.807) is 29.1 Å². The van der Waals surface area contributed by atoms with Crippen molar-refractivity contribution in [3.05, 3.63) is 53.9 Å². The maximum absolute atomic E-state index is 13.0. The highest BCUT2D eigenvalue weighted by atomic mass is 19.1. The van der Waals surface area contributed by atoms with E-state index in [9.17, 15) is 9.18 Å². The Labute approximate surface area is 98.9 Å². The fourth-order valence-corrected chi connectivity index (χ4v) is 1.73. The van der Waals surface area contributed by atoms with Crippen LogP contribution in [0.4, 0.5) is 4.39 Å². The zero-order chi connectivity index (χ0) is 12.3. The Kier molecular flexibility index (Phi) is 3.32. The molecule has 3 nitrogen and oxygen atoms in total. The molecular weight excluding hydrogens is 219 g/mol. The van der Waals surface area contributed by atoms with E-state index < -0.39 is 0 Å². The molecule has 1 aromatic carbocycles. The molecule has 4 heteroatoms. The van der Waals surface area contributed by atoms with E-state index in [2.05, 4.69) is 4.98 Å². The molecule has 0 amide bonds. The molecule has 17 heavy (non-hydrogen) atoms. The molecule has 0 spiro atoms. The van der Waals surface area contributed by atoms with Crippen molar-refractivity contribution in [2.45, 2.75) is 19.9 Å². The summed E-state index contributed by atoms with van der Waals surface area (Å²) in [5.41, 5.74) is 0.667. The lowest BCUT2D eigenvalue weighted by atomic mass is 10.1. The van der Waals surface area contributed by atoms with Crippen molar-refractivity contribution in [2.75, 3.05) is 0 Å². The van der Waals surface area contributed by atoms with Gasteiger partial charge in [-0.05, 0) is 24.6 Å². The number of imidazole rings is 1. The van der Waals surface area contributed by atoms with Crippen molar-refractivity contribution in [1.82, 2.24) is 9.55 Å².